The van der Waals surface area contributed by atoms with E-state index in [4.69, 9.17) is 5.26 Å². The molecule has 2 aromatic rings. The standard InChI is InChI=1S/C12H13N3O/c1-15(8-13)5-4-9-7-14-12-3-2-10(16)6-11(9)12/h2-3,6-7,14,16H,4-5H2,1H3. The number of fused-ring (bicyclic) bond motifs is 1. The fourth-order valence-corrected chi connectivity index (χ4v) is 1.71. The van der Waals surface area contributed by atoms with E-state index in [2.05, 4.69) is 11.2 Å². The zero-order chi connectivity index (χ0) is 11.5. The molecule has 0 saturated heterocycles. The van der Waals surface area contributed by atoms with Crippen LogP contribution in [0.25, 0.3) is 10.9 Å². The van der Waals surface area contributed by atoms with Crippen molar-refractivity contribution in [3.05, 3.63) is 30.0 Å². The van der Waals surface area contributed by atoms with Crippen molar-refractivity contribution in [3.8, 4) is 11.9 Å². The Morgan fingerprint density at radius 3 is 3.06 bits per heavy atom. The Morgan fingerprint density at radius 2 is 2.31 bits per heavy atom. The lowest BCUT2D eigenvalue weighted by Crippen LogP contribution is -2.14. The second kappa shape index (κ2) is 4.15. The Bertz CT molecular complexity index is 539. The molecule has 2 N–H and O–H groups in total. The third-order valence-corrected chi connectivity index (χ3v) is 2.64. The second-order valence-electron chi connectivity index (χ2n) is 3.82. The molecule has 1 aromatic heterocycles. The fraction of sp³-hybridized carbons (Fsp3) is 0.250. The molecule has 0 amide bonds. The van der Waals surface area contributed by atoms with Crippen molar-refractivity contribution in [2.75, 3.05) is 13.6 Å². The highest BCUT2D eigenvalue weighted by molar-refractivity contribution is 5.84. The molecule has 0 fully saturated rings. The van der Waals surface area contributed by atoms with E-state index in [9.17, 15) is 5.11 Å². The molecule has 1 aromatic carbocycles. The van der Waals surface area contributed by atoms with E-state index in [1.54, 1.807) is 24.1 Å². The zero-order valence-electron chi connectivity index (χ0n) is 9.07. The highest BCUT2D eigenvalue weighted by Gasteiger charge is 2.05. The summed E-state index contributed by atoms with van der Waals surface area (Å²) in [5.74, 6) is 0.266. The normalized spacial score (nSPS) is 10.2. The molecule has 2 rings (SSSR count). The van der Waals surface area contributed by atoms with Crippen LogP contribution in [0.3, 0.4) is 0 Å². The summed E-state index contributed by atoms with van der Waals surface area (Å²) in [6, 6.07) is 5.25. The molecule has 4 nitrogen and oxygen atoms in total. The monoisotopic (exact) mass is 215 g/mol. The molecule has 0 radical (unpaired) electrons. The van der Waals surface area contributed by atoms with Gasteiger partial charge in [-0.15, -0.1) is 0 Å². The average molecular weight is 215 g/mol. The summed E-state index contributed by atoms with van der Waals surface area (Å²) in [5, 5.41) is 19.1. The summed E-state index contributed by atoms with van der Waals surface area (Å²) < 4.78 is 0. The molecule has 0 unspecified atom stereocenters. The number of phenols is 1. The van der Waals surface area contributed by atoms with E-state index < -0.39 is 0 Å². The molecule has 0 spiro atoms. The number of benzene rings is 1. The lowest BCUT2D eigenvalue weighted by Gasteiger charge is -2.07. The van der Waals surface area contributed by atoms with Crippen LogP contribution in [0.4, 0.5) is 0 Å². The van der Waals surface area contributed by atoms with E-state index in [0.717, 1.165) is 22.9 Å². The van der Waals surface area contributed by atoms with Gasteiger partial charge < -0.3 is 15.0 Å². The minimum atomic E-state index is 0.266. The van der Waals surface area contributed by atoms with Gasteiger partial charge in [0.25, 0.3) is 0 Å². The number of nitrogens with zero attached hydrogens (tertiary/aromatic N) is 2. The number of phenolic OH excluding ortho intramolecular Hbond substituents is 1. The minimum absolute atomic E-state index is 0.266. The van der Waals surface area contributed by atoms with Gasteiger partial charge in [0.15, 0.2) is 6.19 Å². The van der Waals surface area contributed by atoms with Crippen LogP contribution in [0.5, 0.6) is 5.75 Å². The number of nitriles is 1. The highest BCUT2D eigenvalue weighted by atomic mass is 16.3. The first kappa shape index (κ1) is 10.4. The number of hydrogen-bond acceptors (Lipinski definition) is 3. The largest absolute Gasteiger partial charge is 0.508 e. The molecule has 4 heteroatoms. The highest BCUT2D eigenvalue weighted by Crippen LogP contribution is 2.23. The lowest BCUT2D eigenvalue weighted by atomic mass is 10.1. The first-order chi connectivity index (χ1) is 7.70. The van der Waals surface area contributed by atoms with Gasteiger partial charge in [-0.3, -0.25) is 0 Å². The Hall–Kier alpha value is -2.15. The lowest BCUT2D eigenvalue weighted by molar-refractivity contribution is 0.475. The molecule has 0 aliphatic carbocycles. The molecule has 0 aliphatic rings. The maximum atomic E-state index is 9.42. The number of likely N-dealkylation sites (N-methyl/N-ethyl adjacent to an activating group) is 1. The third-order valence-electron chi connectivity index (χ3n) is 2.64. The number of rotatable bonds is 3. The van der Waals surface area contributed by atoms with E-state index in [0.29, 0.717) is 6.54 Å². The van der Waals surface area contributed by atoms with Crippen molar-refractivity contribution >= 4 is 10.9 Å². The molecule has 16 heavy (non-hydrogen) atoms. The number of aromatic nitrogens is 1. The van der Waals surface area contributed by atoms with Crippen LogP contribution >= 0.6 is 0 Å². The quantitative estimate of drug-likeness (QED) is 0.606. The van der Waals surface area contributed by atoms with Crippen LogP contribution in [-0.2, 0) is 6.42 Å². The fourth-order valence-electron chi connectivity index (χ4n) is 1.71. The third kappa shape index (κ3) is 1.94. The first-order valence-corrected chi connectivity index (χ1v) is 5.10. The van der Waals surface area contributed by atoms with E-state index >= 15 is 0 Å². The maximum Gasteiger partial charge on any atom is 0.179 e. The van der Waals surface area contributed by atoms with Crippen molar-refractivity contribution in [2.24, 2.45) is 0 Å². The number of nitrogens with one attached hydrogen (secondary N) is 1. The molecule has 0 atom stereocenters. The maximum absolute atomic E-state index is 9.42. The van der Waals surface area contributed by atoms with Crippen molar-refractivity contribution in [1.29, 1.82) is 5.26 Å². The van der Waals surface area contributed by atoms with Crippen LogP contribution in [0.2, 0.25) is 0 Å². The smallest absolute Gasteiger partial charge is 0.179 e. The van der Waals surface area contributed by atoms with Crippen LogP contribution in [0.1, 0.15) is 5.56 Å². The van der Waals surface area contributed by atoms with Crippen LogP contribution < -0.4 is 0 Å². The Labute approximate surface area is 93.7 Å². The number of H-pyrrole nitrogens is 1. The van der Waals surface area contributed by atoms with E-state index in [-0.39, 0.29) is 5.75 Å². The van der Waals surface area contributed by atoms with Gasteiger partial charge in [0, 0.05) is 30.7 Å². The Balaban J connectivity index is 2.25. The van der Waals surface area contributed by atoms with Gasteiger partial charge in [0.2, 0.25) is 0 Å². The van der Waals surface area contributed by atoms with Crippen molar-refractivity contribution in [3.63, 3.8) is 0 Å². The van der Waals surface area contributed by atoms with E-state index in [1.165, 1.54) is 0 Å². The van der Waals surface area contributed by atoms with Crippen molar-refractivity contribution < 1.29 is 5.11 Å². The van der Waals surface area contributed by atoms with E-state index in [1.807, 2.05) is 12.3 Å². The summed E-state index contributed by atoms with van der Waals surface area (Å²) in [6.07, 6.45) is 4.77. The Morgan fingerprint density at radius 1 is 1.50 bits per heavy atom. The molecule has 1 heterocycles. The average Bonchev–Trinajstić information content (AvgIpc) is 2.68. The summed E-state index contributed by atoms with van der Waals surface area (Å²) >= 11 is 0. The molecular weight excluding hydrogens is 202 g/mol. The van der Waals surface area contributed by atoms with Gasteiger partial charge in [0.05, 0.1) is 0 Å². The van der Waals surface area contributed by atoms with Gasteiger partial charge in [-0.05, 0) is 30.2 Å². The Kier molecular flexibility index (Phi) is 2.69. The predicted molar refractivity (Wildman–Crippen MR) is 61.9 cm³/mol. The topological polar surface area (TPSA) is 63.0 Å². The van der Waals surface area contributed by atoms with Gasteiger partial charge in [0.1, 0.15) is 5.75 Å². The first-order valence-electron chi connectivity index (χ1n) is 5.10. The number of aromatic hydroxyl groups is 1. The summed E-state index contributed by atoms with van der Waals surface area (Å²) in [7, 11) is 1.76. The van der Waals surface area contributed by atoms with Crippen LogP contribution in [-0.4, -0.2) is 28.6 Å². The van der Waals surface area contributed by atoms with Crippen molar-refractivity contribution in [2.45, 2.75) is 6.42 Å². The number of aromatic amines is 1. The van der Waals surface area contributed by atoms with Crippen LogP contribution in [0.15, 0.2) is 24.4 Å². The van der Waals surface area contributed by atoms with Gasteiger partial charge in [-0.2, -0.15) is 5.26 Å². The molecule has 0 aliphatic heterocycles. The zero-order valence-corrected chi connectivity index (χ0v) is 9.07. The minimum Gasteiger partial charge on any atom is -0.508 e. The molecule has 0 saturated carbocycles. The second-order valence-corrected chi connectivity index (χ2v) is 3.82. The SMILES string of the molecule is CN(C#N)CCc1c[nH]c2ccc(O)cc12. The van der Waals surface area contributed by atoms with Crippen molar-refractivity contribution in [1.82, 2.24) is 9.88 Å². The van der Waals surface area contributed by atoms with Gasteiger partial charge in [-0.25, -0.2) is 0 Å². The summed E-state index contributed by atoms with van der Waals surface area (Å²) in [5.41, 5.74) is 2.13. The summed E-state index contributed by atoms with van der Waals surface area (Å²) in [4.78, 5) is 4.73. The summed E-state index contributed by atoms with van der Waals surface area (Å²) in [6.45, 7) is 0.680. The molecule has 0 bridgehead atoms. The molecule has 82 valence electrons. The predicted octanol–water partition coefficient (Wildman–Crippen LogP) is 1.83. The van der Waals surface area contributed by atoms with Gasteiger partial charge >= 0.3 is 0 Å². The molecular formula is C12H13N3O. The number of hydrogen-bond donors (Lipinski definition) is 2. The van der Waals surface area contributed by atoms with Crippen LogP contribution in [0, 0.1) is 11.5 Å². The van der Waals surface area contributed by atoms with Gasteiger partial charge in [-0.1, -0.05) is 0 Å².